The predicted molar refractivity (Wildman–Crippen MR) is 107 cm³/mol. The van der Waals surface area contributed by atoms with Crippen molar-refractivity contribution in [2.24, 2.45) is 34.3 Å². The van der Waals surface area contributed by atoms with Gasteiger partial charge in [-0.2, -0.15) is 0 Å². The van der Waals surface area contributed by atoms with Crippen LogP contribution in [0.5, 0.6) is 0 Å². The summed E-state index contributed by atoms with van der Waals surface area (Å²) in [5.41, 5.74) is 7.19. The van der Waals surface area contributed by atoms with Crippen LogP contribution >= 0.6 is 0 Å². The van der Waals surface area contributed by atoms with Crippen molar-refractivity contribution in [3.05, 3.63) is 11.6 Å². The van der Waals surface area contributed by atoms with Gasteiger partial charge in [0.1, 0.15) is 11.9 Å². The van der Waals surface area contributed by atoms with E-state index in [4.69, 9.17) is 9.94 Å². The van der Waals surface area contributed by atoms with E-state index in [0.29, 0.717) is 23.5 Å². The number of allylic oxidation sites excluding steroid dienone is 1. The lowest BCUT2D eigenvalue weighted by Gasteiger charge is -2.56. The molecule has 3 saturated carbocycles. The van der Waals surface area contributed by atoms with Gasteiger partial charge in [0.15, 0.2) is 0 Å². The Balaban J connectivity index is 0.000000431. The summed E-state index contributed by atoms with van der Waals surface area (Å²) in [6.45, 7) is 6.19. The Kier molecular flexibility index (Phi) is 6.08. The quantitative estimate of drug-likeness (QED) is 0.266. The second-order valence-electron chi connectivity index (χ2n) is 9.63. The van der Waals surface area contributed by atoms with E-state index in [1.54, 1.807) is 0 Å². The molecule has 0 spiro atoms. The number of esters is 1. The molecule has 0 aromatic rings. The first-order valence-corrected chi connectivity index (χ1v) is 10.7. The fourth-order valence-electron chi connectivity index (χ4n) is 6.73. The first-order chi connectivity index (χ1) is 13.6. The fourth-order valence-corrected chi connectivity index (χ4v) is 6.73. The number of primary amides is 1. The van der Waals surface area contributed by atoms with Crippen molar-refractivity contribution in [1.29, 1.82) is 0 Å². The highest BCUT2D eigenvalue weighted by atomic mass is 16.5. The second-order valence-corrected chi connectivity index (χ2v) is 9.63. The van der Waals surface area contributed by atoms with Gasteiger partial charge in [-0.15, -0.1) is 0 Å². The summed E-state index contributed by atoms with van der Waals surface area (Å²) in [5.74, 6) is 2.33. The SMILES string of the molecule is CC(=O)OC1CCC2(C)C(=CCC3C4CCC(=O)C4(C)CCC32)C1.NC(=O)NO. The number of hydrogen-bond acceptors (Lipinski definition) is 5. The number of nitrogens with two attached hydrogens (primary N) is 1. The topological polar surface area (TPSA) is 119 Å². The minimum Gasteiger partial charge on any atom is -0.462 e. The molecule has 0 radical (unpaired) electrons. The minimum absolute atomic E-state index is 0.0438. The van der Waals surface area contributed by atoms with Crippen LogP contribution in [0.3, 0.4) is 0 Å². The zero-order valence-corrected chi connectivity index (χ0v) is 17.7. The lowest BCUT2D eigenvalue weighted by atomic mass is 9.48. The molecule has 29 heavy (non-hydrogen) atoms. The van der Waals surface area contributed by atoms with E-state index in [2.05, 4.69) is 25.7 Å². The van der Waals surface area contributed by atoms with Gasteiger partial charge in [0.05, 0.1) is 0 Å². The number of ether oxygens (including phenoxy) is 1. The van der Waals surface area contributed by atoms with Crippen LogP contribution in [-0.4, -0.2) is 29.1 Å². The third kappa shape index (κ3) is 3.93. The van der Waals surface area contributed by atoms with Crippen molar-refractivity contribution in [3.63, 3.8) is 0 Å². The summed E-state index contributed by atoms with van der Waals surface area (Å²) >= 11 is 0. The highest BCUT2D eigenvalue weighted by Crippen LogP contribution is 2.64. The van der Waals surface area contributed by atoms with Crippen LogP contribution in [-0.2, 0) is 14.3 Å². The predicted octanol–water partition coefficient (Wildman–Crippen LogP) is 3.49. The standard InChI is InChI=1S/C21H30O3.CH4N2O2/c1-13(22)24-15-8-10-20(2)14(12-15)4-5-16-17-6-7-19(23)21(17,3)11-9-18(16)20;2-1(4)3-5/h4,15-18H,5-12H2,1-3H3;5H,(H3,2,3,4). The zero-order valence-electron chi connectivity index (χ0n) is 17.7. The number of hydroxylamine groups is 1. The van der Waals surface area contributed by atoms with E-state index in [0.717, 1.165) is 44.9 Å². The average molecular weight is 407 g/mol. The normalized spacial score (nSPS) is 40.3. The number of carbonyl (C=O) groups is 3. The van der Waals surface area contributed by atoms with Gasteiger partial charge in [-0.3, -0.25) is 14.8 Å². The van der Waals surface area contributed by atoms with E-state index in [9.17, 15) is 14.4 Å². The van der Waals surface area contributed by atoms with Crippen molar-refractivity contribution in [2.45, 2.75) is 78.2 Å². The monoisotopic (exact) mass is 406 g/mol. The first-order valence-electron chi connectivity index (χ1n) is 10.7. The molecule has 162 valence electrons. The Morgan fingerprint density at radius 1 is 1.17 bits per heavy atom. The fraction of sp³-hybridized carbons (Fsp3) is 0.773. The van der Waals surface area contributed by atoms with Gasteiger partial charge in [0, 0.05) is 25.2 Å². The lowest BCUT2D eigenvalue weighted by Crippen LogP contribution is -2.50. The Morgan fingerprint density at radius 3 is 2.41 bits per heavy atom. The molecule has 4 N–H and O–H groups in total. The number of hydrogen-bond donors (Lipinski definition) is 3. The lowest BCUT2D eigenvalue weighted by molar-refractivity contribution is -0.148. The highest BCUT2D eigenvalue weighted by molar-refractivity contribution is 5.87. The Bertz CT molecular complexity index is 720. The summed E-state index contributed by atoms with van der Waals surface area (Å²) in [7, 11) is 0. The highest BCUT2D eigenvalue weighted by Gasteiger charge is 2.58. The summed E-state index contributed by atoms with van der Waals surface area (Å²) in [5, 5.41) is 7.42. The maximum absolute atomic E-state index is 12.4. The Hall–Kier alpha value is -1.89. The van der Waals surface area contributed by atoms with Crippen LogP contribution in [0, 0.1) is 28.6 Å². The van der Waals surface area contributed by atoms with E-state index in [-0.39, 0.29) is 22.9 Å². The third-order valence-electron chi connectivity index (χ3n) is 8.21. The molecule has 0 aromatic carbocycles. The van der Waals surface area contributed by atoms with E-state index < -0.39 is 6.03 Å². The molecule has 0 heterocycles. The molecule has 0 aliphatic heterocycles. The Labute approximate surface area is 172 Å². The largest absolute Gasteiger partial charge is 0.462 e. The Morgan fingerprint density at radius 2 is 1.79 bits per heavy atom. The van der Waals surface area contributed by atoms with Crippen molar-refractivity contribution in [2.75, 3.05) is 0 Å². The van der Waals surface area contributed by atoms with Crippen molar-refractivity contribution in [1.82, 2.24) is 5.48 Å². The van der Waals surface area contributed by atoms with Crippen LogP contribution in [0.2, 0.25) is 0 Å². The maximum Gasteiger partial charge on any atom is 0.335 e. The van der Waals surface area contributed by atoms with E-state index in [1.165, 1.54) is 24.4 Å². The number of rotatable bonds is 1. The molecule has 6 unspecified atom stereocenters. The van der Waals surface area contributed by atoms with Crippen LogP contribution in [0.15, 0.2) is 11.6 Å². The molecule has 7 nitrogen and oxygen atoms in total. The smallest absolute Gasteiger partial charge is 0.335 e. The summed E-state index contributed by atoms with van der Waals surface area (Å²) in [6.07, 6.45) is 10.8. The molecule has 3 fully saturated rings. The number of amides is 2. The molecular weight excluding hydrogens is 372 g/mol. The molecule has 4 aliphatic carbocycles. The molecule has 0 saturated heterocycles. The van der Waals surface area contributed by atoms with Crippen LogP contribution in [0.4, 0.5) is 4.79 Å². The van der Waals surface area contributed by atoms with Crippen molar-refractivity contribution < 1.29 is 24.3 Å². The van der Waals surface area contributed by atoms with Gasteiger partial charge in [-0.25, -0.2) is 10.3 Å². The minimum atomic E-state index is -0.940. The van der Waals surface area contributed by atoms with Crippen molar-refractivity contribution >= 4 is 17.8 Å². The van der Waals surface area contributed by atoms with Crippen LogP contribution in [0.1, 0.15) is 72.1 Å². The van der Waals surface area contributed by atoms with Gasteiger partial charge >= 0.3 is 12.0 Å². The second kappa shape index (κ2) is 8.09. The average Bonchev–Trinajstić information content (AvgIpc) is 2.97. The van der Waals surface area contributed by atoms with Crippen LogP contribution < -0.4 is 11.2 Å². The first kappa shape index (κ1) is 21.8. The van der Waals surface area contributed by atoms with Gasteiger partial charge < -0.3 is 10.5 Å². The summed E-state index contributed by atoms with van der Waals surface area (Å²) < 4.78 is 5.50. The molecule has 6 atom stereocenters. The van der Waals surface area contributed by atoms with Gasteiger partial charge in [0.2, 0.25) is 0 Å². The maximum atomic E-state index is 12.4. The molecule has 7 heteroatoms. The molecule has 0 bridgehead atoms. The number of Topliss-reactive ketones (excluding diaryl/α,β-unsaturated/α-hetero) is 1. The number of fused-ring (bicyclic) bond motifs is 5. The number of urea groups is 1. The number of carbonyl (C=O) groups excluding carboxylic acids is 3. The van der Waals surface area contributed by atoms with Crippen molar-refractivity contribution in [3.8, 4) is 0 Å². The van der Waals surface area contributed by atoms with E-state index >= 15 is 0 Å². The number of ketones is 1. The summed E-state index contributed by atoms with van der Waals surface area (Å²) in [6, 6.07) is -0.940. The number of nitrogens with one attached hydrogen (secondary N) is 1. The molecular formula is C22H34N2O5. The molecule has 2 amide bonds. The molecule has 4 rings (SSSR count). The van der Waals surface area contributed by atoms with Gasteiger partial charge in [0.25, 0.3) is 0 Å². The van der Waals surface area contributed by atoms with Gasteiger partial charge in [-0.05, 0) is 61.7 Å². The van der Waals surface area contributed by atoms with Crippen LogP contribution in [0.25, 0.3) is 0 Å². The molecule has 0 aromatic heterocycles. The van der Waals surface area contributed by atoms with E-state index in [1.807, 2.05) is 0 Å². The third-order valence-corrected chi connectivity index (χ3v) is 8.21. The zero-order chi connectivity index (χ0) is 21.4. The van der Waals surface area contributed by atoms with Gasteiger partial charge in [-0.1, -0.05) is 25.5 Å². The summed E-state index contributed by atoms with van der Waals surface area (Å²) in [4.78, 5) is 33.0. The molecule has 4 aliphatic rings.